The average Bonchev–Trinajstić information content (AvgIpc) is 2.90. The molecule has 6 nitrogen and oxygen atoms in total. The van der Waals surface area contributed by atoms with Crippen LogP contribution in [-0.4, -0.2) is 60.9 Å². The van der Waals surface area contributed by atoms with E-state index in [1.807, 2.05) is 83.8 Å². The van der Waals surface area contributed by atoms with Crippen molar-refractivity contribution in [3.8, 4) is 5.75 Å². The predicted molar refractivity (Wildman–Crippen MR) is 133 cm³/mol. The molecule has 0 bridgehead atoms. The first-order valence-electron chi connectivity index (χ1n) is 11.8. The molecule has 1 aliphatic heterocycles. The molecular weight excluding hydrogens is 426 g/mol. The summed E-state index contributed by atoms with van der Waals surface area (Å²) >= 11 is 0. The second kappa shape index (κ2) is 12.0. The SMILES string of the molecule is O=C(N[C@@H](CC(=O)N1CCN(CCOc2ccccc2)CC1)c1ccccc1)c1ccccc1. The van der Waals surface area contributed by atoms with Crippen LogP contribution in [0.5, 0.6) is 5.75 Å². The van der Waals surface area contributed by atoms with E-state index in [1.54, 1.807) is 12.1 Å². The van der Waals surface area contributed by atoms with Crippen LogP contribution in [0.4, 0.5) is 0 Å². The van der Waals surface area contributed by atoms with Gasteiger partial charge in [0.25, 0.3) is 5.91 Å². The molecule has 1 aliphatic rings. The summed E-state index contributed by atoms with van der Waals surface area (Å²) in [5.74, 6) is 0.758. The van der Waals surface area contributed by atoms with Gasteiger partial charge in [-0.3, -0.25) is 14.5 Å². The summed E-state index contributed by atoms with van der Waals surface area (Å²) < 4.78 is 5.80. The number of benzene rings is 3. The fourth-order valence-electron chi connectivity index (χ4n) is 4.10. The number of ether oxygens (including phenoxy) is 1. The average molecular weight is 458 g/mol. The van der Waals surface area contributed by atoms with E-state index in [0.717, 1.165) is 30.9 Å². The number of hydrogen-bond acceptors (Lipinski definition) is 4. The Labute approximate surface area is 201 Å². The topological polar surface area (TPSA) is 61.9 Å². The minimum atomic E-state index is -0.376. The van der Waals surface area contributed by atoms with E-state index < -0.39 is 0 Å². The third-order valence-electron chi connectivity index (χ3n) is 6.07. The van der Waals surface area contributed by atoms with Crippen LogP contribution in [0.1, 0.15) is 28.4 Å². The number of nitrogens with zero attached hydrogens (tertiary/aromatic N) is 2. The first kappa shape index (κ1) is 23.5. The molecule has 1 heterocycles. The van der Waals surface area contributed by atoms with Crippen molar-refractivity contribution in [1.82, 2.24) is 15.1 Å². The van der Waals surface area contributed by atoms with Gasteiger partial charge in [0.1, 0.15) is 12.4 Å². The minimum Gasteiger partial charge on any atom is -0.492 e. The van der Waals surface area contributed by atoms with Gasteiger partial charge in [-0.05, 0) is 29.8 Å². The van der Waals surface area contributed by atoms with Gasteiger partial charge in [0.05, 0.1) is 12.5 Å². The molecule has 1 N–H and O–H groups in total. The van der Waals surface area contributed by atoms with Crippen molar-refractivity contribution in [1.29, 1.82) is 0 Å². The van der Waals surface area contributed by atoms with Crippen LogP contribution in [-0.2, 0) is 4.79 Å². The van der Waals surface area contributed by atoms with Gasteiger partial charge in [0.15, 0.2) is 0 Å². The van der Waals surface area contributed by atoms with Gasteiger partial charge in [0, 0.05) is 38.3 Å². The Morgan fingerprint density at radius 3 is 2.03 bits per heavy atom. The van der Waals surface area contributed by atoms with E-state index >= 15 is 0 Å². The first-order chi connectivity index (χ1) is 16.7. The normalized spacial score (nSPS) is 14.9. The number of carbonyl (C=O) groups excluding carboxylic acids is 2. The molecule has 0 radical (unpaired) electrons. The summed E-state index contributed by atoms with van der Waals surface area (Å²) in [7, 11) is 0. The van der Waals surface area contributed by atoms with Gasteiger partial charge in [-0.2, -0.15) is 0 Å². The van der Waals surface area contributed by atoms with Crippen LogP contribution < -0.4 is 10.1 Å². The van der Waals surface area contributed by atoms with Crippen molar-refractivity contribution < 1.29 is 14.3 Å². The van der Waals surface area contributed by atoms with Crippen LogP contribution in [0.2, 0.25) is 0 Å². The highest BCUT2D eigenvalue weighted by molar-refractivity contribution is 5.94. The third kappa shape index (κ3) is 6.68. The molecule has 2 amide bonds. The highest BCUT2D eigenvalue weighted by atomic mass is 16.5. The summed E-state index contributed by atoms with van der Waals surface area (Å²) in [6, 6.07) is 28.2. The highest BCUT2D eigenvalue weighted by Gasteiger charge is 2.25. The van der Waals surface area contributed by atoms with Crippen LogP contribution in [0, 0.1) is 0 Å². The van der Waals surface area contributed by atoms with Crippen molar-refractivity contribution in [2.75, 3.05) is 39.3 Å². The Morgan fingerprint density at radius 1 is 0.794 bits per heavy atom. The Hall–Kier alpha value is -3.64. The van der Waals surface area contributed by atoms with Crippen molar-refractivity contribution in [2.45, 2.75) is 12.5 Å². The minimum absolute atomic E-state index is 0.0578. The Morgan fingerprint density at radius 2 is 1.38 bits per heavy atom. The summed E-state index contributed by atoms with van der Waals surface area (Å²) in [4.78, 5) is 30.1. The molecule has 1 atom stereocenters. The van der Waals surface area contributed by atoms with Gasteiger partial charge in [0.2, 0.25) is 5.91 Å². The van der Waals surface area contributed by atoms with Crippen LogP contribution >= 0.6 is 0 Å². The van der Waals surface area contributed by atoms with Crippen molar-refractivity contribution in [3.05, 3.63) is 102 Å². The maximum Gasteiger partial charge on any atom is 0.251 e. The van der Waals surface area contributed by atoms with Crippen LogP contribution in [0.25, 0.3) is 0 Å². The number of nitrogens with one attached hydrogen (secondary N) is 1. The van der Waals surface area contributed by atoms with Gasteiger partial charge >= 0.3 is 0 Å². The second-order valence-corrected chi connectivity index (χ2v) is 8.39. The molecule has 0 aliphatic carbocycles. The molecule has 1 saturated heterocycles. The standard InChI is InChI=1S/C28H31N3O3/c32-27(31-18-16-30(17-19-31)20-21-34-25-14-8-3-9-15-25)22-26(23-10-4-1-5-11-23)29-28(33)24-12-6-2-7-13-24/h1-15,26H,16-22H2,(H,29,33)/t26-/m0/s1. The molecule has 3 aromatic rings. The number of hydrogen-bond donors (Lipinski definition) is 1. The van der Waals surface area contributed by atoms with Crippen LogP contribution in [0.3, 0.4) is 0 Å². The lowest BCUT2D eigenvalue weighted by Crippen LogP contribution is -2.50. The Bertz CT molecular complexity index is 1040. The monoisotopic (exact) mass is 457 g/mol. The van der Waals surface area contributed by atoms with E-state index in [0.29, 0.717) is 25.3 Å². The van der Waals surface area contributed by atoms with Gasteiger partial charge in [-0.15, -0.1) is 0 Å². The fraction of sp³-hybridized carbons (Fsp3) is 0.286. The summed E-state index contributed by atoms with van der Waals surface area (Å²) in [5.41, 5.74) is 1.51. The lowest BCUT2D eigenvalue weighted by atomic mass is 10.0. The number of carbonyl (C=O) groups is 2. The molecular formula is C28H31N3O3. The van der Waals surface area contributed by atoms with Crippen LogP contribution in [0.15, 0.2) is 91.0 Å². The van der Waals surface area contributed by atoms with Gasteiger partial charge in [-0.1, -0.05) is 66.7 Å². The van der Waals surface area contributed by atoms with E-state index in [1.165, 1.54) is 0 Å². The zero-order valence-corrected chi connectivity index (χ0v) is 19.3. The smallest absolute Gasteiger partial charge is 0.251 e. The fourth-order valence-corrected chi connectivity index (χ4v) is 4.10. The molecule has 4 rings (SSSR count). The summed E-state index contributed by atoms with van der Waals surface area (Å²) in [6.07, 6.45) is 0.236. The molecule has 0 spiro atoms. The maximum atomic E-state index is 13.1. The van der Waals surface area contributed by atoms with Crippen molar-refractivity contribution in [3.63, 3.8) is 0 Å². The number of rotatable bonds is 9. The molecule has 1 fully saturated rings. The zero-order chi connectivity index (χ0) is 23.6. The van der Waals surface area contributed by atoms with E-state index in [4.69, 9.17) is 4.74 Å². The lowest BCUT2D eigenvalue weighted by molar-refractivity contribution is -0.133. The third-order valence-corrected chi connectivity index (χ3v) is 6.07. The first-order valence-corrected chi connectivity index (χ1v) is 11.8. The molecule has 0 aromatic heterocycles. The van der Waals surface area contributed by atoms with Gasteiger partial charge < -0.3 is 15.0 Å². The quantitative estimate of drug-likeness (QED) is 0.531. The number of para-hydroxylation sites is 1. The Kier molecular flexibility index (Phi) is 8.30. The van der Waals surface area contributed by atoms with E-state index in [9.17, 15) is 9.59 Å². The lowest BCUT2D eigenvalue weighted by Gasteiger charge is -2.35. The maximum absolute atomic E-state index is 13.1. The summed E-state index contributed by atoms with van der Waals surface area (Å²) in [5, 5.41) is 3.06. The van der Waals surface area contributed by atoms with E-state index in [-0.39, 0.29) is 24.3 Å². The van der Waals surface area contributed by atoms with E-state index in [2.05, 4.69) is 10.2 Å². The zero-order valence-electron chi connectivity index (χ0n) is 19.3. The molecule has 176 valence electrons. The Balaban J connectivity index is 1.29. The number of amides is 2. The molecule has 0 unspecified atom stereocenters. The highest BCUT2D eigenvalue weighted by Crippen LogP contribution is 2.19. The molecule has 34 heavy (non-hydrogen) atoms. The van der Waals surface area contributed by atoms with Gasteiger partial charge in [-0.25, -0.2) is 0 Å². The molecule has 6 heteroatoms. The van der Waals surface area contributed by atoms with Crippen molar-refractivity contribution in [2.24, 2.45) is 0 Å². The molecule has 3 aromatic carbocycles. The molecule has 0 saturated carbocycles. The second-order valence-electron chi connectivity index (χ2n) is 8.39. The predicted octanol–water partition coefficient (Wildman–Crippen LogP) is 3.77. The van der Waals surface area contributed by atoms with Crippen molar-refractivity contribution >= 4 is 11.8 Å². The number of piperazine rings is 1. The summed E-state index contributed by atoms with van der Waals surface area (Å²) in [6.45, 7) is 4.44. The largest absolute Gasteiger partial charge is 0.492 e.